The Hall–Kier alpha value is -0.0800. The van der Waals surface area contributed by atoms with Gasteiger partial charge in [0.1, 0.15) is 6.10 Å². The average Bonchev–Trinajstić information content (AvgIpc) is 3.13. The second-order valence-electron chi connectivity index (χ2n) is 5.35. The molecule has 1 unspecified atom stereocenters. The highest BCUT2D eigenvalue weighted by molar-refractivity contribution is 4.68. The Morgan fingerprint density at radius 3 is 2.12 bits per heavy atom. The molecule has 0 aromatic rings. The van der Waals surface area contributed by atoms with Crippen LogP contribution in [-0.4, -0.2) is 25.9 Å². The Morgan fingerprint density at radius 1 is 1.06 bits per heavy atom. The Kier molecular flexibility index (Phi) is 8.72. The number of unbranched alkanes of at least 4 members (excludes halogenated alkanes) is 4. The minimum absolute atomic E-state index is 0.418. The SMILES string of the molecule is CCCCCC(CCCCC)COCC1CO1. The van der Waals surface area contributed by atoms with Gasteiger partial charge in [-0.1, -0.05) is 52.4 Å². The molecule has 0 spiro atoms. The van der Waals surface area contributed by atoms with Gasteiger partial charge in [-0.2, -0.15) is 0 Å². The van der Waals surface area contributed by atoms with Gasteiger partial charge < -0.3 is 9.47 Å². The van der Waals surface area contributed by atoms with Gasteiger partial charge in [-0.3, -0.25) is 0 Å². The number of hydrogen-bond acceptors (Lipinski definition) is 2. The van der Waals surface area contributed by atoms with Crippen molar-refractivity contribution in [1.29, 1.82) is 0 Å². The molecule has 1 rings (SSSR count). The summed E-state index contributed by atoms with van der Waals surface area (Å²) in [5, 5.41) is 0. The van der Waals surface area contributed by atoms with Crippen LogP contribution in [0.1, 0.15) is 65.2 Å². The van der Waals surface area contributed by atoms with Crippen molar-refractivity contribution in [2.75, 3.05) is 19.8 Å². The zero-order chi connectivity index (χ0) is 12.3. The van der Waals surface area contributed by atoms with E-state index in [9.17, 15) is 0 Å². The van der Waals surface area contributed by atoms with Gasteiger partial charge in [-0.15, -0.1) is 0 Å². The third-order valence-corrected chi connectivity index (χ3v) is 3.49. The lowest BCUT2D eigenvalue weighted by Gasteiger charge is -2.16. The molecule has 1 heterocycles. The largest absolute Gasteiger partial charge is 0.378 e. The normalized spacial score (nSPS) is 18.9. The molecule has 2 heteroatoms. The summed E-state index contributed by atoms with van der Waals surface area (Å²) in [5.74, 6) is 0.784. The molecule has 0 aliphatic carbocycles. The van der Waals surface area contributed by atoms with Gasteiger partial charge in [0.15, 0.2) is 0 Å². The van der Waals surface area contributed by atoms with Crippen LogP contribution in [0.4, 0.5) is 0 Å². The van der Waals surface area contributed by atoms with Gasteiger partial charge >= 0.3 is 0 Å². The van der Waals surface area contributed by atoms with E-state index in [4.69, 9.17) is 9.47 Å². The maximum atomic E-state index is 5.76. The zero-order valence-corrected chi connectivity index (χ0v) is 11.7. The van der Waals surface area contributed by atoms with E-state index in [0.29, 0.717) is 6.10 Å². The van der Waals surface area contributed by atoms with Crippen molar-refractivity contribution in [2.45, 2.75) is 71.3 Å². The van der Waals surface area contributed by atoms with E-state index < -0.39 is 0 Å². The fraction of sp³-hybridized carbons (Fsp3) is 1.00. The molecule has 0 bridgehead atoms. The minimum Gasteiger partial charge on any atom is -0.378 e. The van der Waals surface area contributed by atoms with Crippen LogP contribution in [0.2, 0.25) is 0 Å². The van der Waals surface area contributed by atoms with Crippen LogP contribution >= 0.6 is 0 Å². The third kappa shape index (κ3) is 8.62. The van der Waals surface area contributed by atoms with Crippen LogP contribution in [-0.2, 0) is 9.47 Å². The monoisotopic (exact) mass is 242 g/mol. The van der Waals surface area contributed by atoms with Crippen molar-refractivity contribution in [3.63, 3.8) is 0 Å². The molecule has 0 aromatic heterocycles. The average molecular weight is 242 g/mol. The van der Waals surface area contributed by atoms with Crippen LogP contribution in [0.5, 0.6) is 0 Å². The summed E-state index contributed by atoms with van der Waals surface area (Å²) >= 11 is 0. The van der Waals surface area contributed by atoms with Crippen molar-refractivity contribution in [2.24, 2.45) is 5.92 Å². The first-order valence-electron chi connectivity index (χ1n) is 7.56. The van der Waals surface area contributed by atoms with Crippen LogP contribution in [0.25, 0.3) is 0 Å². The molecule has 2 nitrogen and oxygen atoms in total. The molecule has 0 N–H and O–H groups in total. The fourth-order valence-corrected chi connectivity index (χ4v) is 2.21. The molecule has 0 amide bonds. The van der Waals surface area contributed by atoms with Crippen LogP contribution in [0, 0.1) is 5.92 Å². The number of rotatable bonds is 12. The number of hydrogen-bond donors (Lipinski definition) is 0. The molecule has 0 saturated carbocycles. The molecular weight excluding hydrogens is 212 g/mol. The highest BCUT2D eigenvalue weighted by Gasteiger charge is 2.22. The van der Waals surface area contributed by atoms with E-state index >= 15 is 0 Å². The first-order chi connectivity index (χ1) is 8.36. The van der Waals surface area contributed by atoms with Gasteiger partial charge in [0.05, 0.1) is 13.2 Å². The summed E-state index contributed by atoms with van der Waals surface area (Å²) < 4.78 is 10.9. The number of ether oxygens (including phenoxy) is 2. The zero-order valence-electron chi connectivity index (χ0n) is 11.7. The van der Waals surface area contributed by atoms with E-state index in [1.165, 1.54) is 51.4 Å². The second kappa shape index (κ2) is 9.90. The van der Waals surface area contributed by atoms with Crippen LogP contribution in [0.3, 0.4) is 0 Å². The van der Waals surface area contributed by atoms with E-state index in [-0.39, 0.29) is 0 Å². The lowest BCUT2D eigenvalue weighted by molar-refractivity contribution is 0.0788. The van der Waals surface area contributed by atoms with Crippen molar-refractivity contribution in [3.05, 3.63) is 0 Å². The third-order valence-electron chi connectivity index (χ3n) is 3.49. The highest BCUT2D eigenvalue weighted by Crippen LogP contribution is 2.19. The molecule has 1 aliphatic heterocycles. The quantitative estimate of drug-likeness (QED) is 0.378. The summed E-state index contributed by atoms with van der Waals surface area (Å²) in [7, 11) is 0. The Morgan fingerprint density at radius 2 is 1.65 bits per heavy atom. The summed E-state index contributed by atoms with van der Waals surface area (Å²) in [5.41, 5.74) is 0. The Balaban J connectivity index is 2.04. The van der Waals surface area contributed by atoms with Crippen molar-refractivity contribution in [3.8, 4) is 0 Å². The molecular formula is C15H30O2. The summed E-state index contributed by atoms with van der Waals surface area (Å²) in [6, 6.07) is 0. The first-order valence-corrected chi connectivity index (χ1v) is 7.56. The minimum atomic E-state index is 0.418. The Labute approximate surface area is 107 Å². The summed E-state index contributed by atoms with van der Waals surface area (Å²) in [6.07, 6.45) is 11.2. The molecule has 0 radical (unpaired) electrons. The molecule has 17 heavy (non-hydrogen) atoms. The van der Waals surface area contributed by atoms with Crippen molar-refractivity contribution >= 4 is 0 Å². The highest BCUT2D eigenvalue weighted by atomic mass is 16.6. The van der Waals surface area contributed by atoms with Crippen LogP contribution in [0.15, 0.2) is 0 Å². The molecule has 102 valence electrons. The predicted octanol–water partition coefficient (Wildman–Crippen LogP) is 4.18. The summed E-state index contributed by atoms with van der Waals surface area (Å²) in [4.78, 5) is 0. The van der Waals surface area contributed by atoms with Crippen molar-refractivity contribution in [1.82, 2.24) is 0 Å². The summed E-state index contributed by atoms with van der Waals surface area (Å²) in [6.45, 7) is 7.22. The van der Waals surface area contributed by atoms with E-state index in [1.54, 1.807) is 0 Å². The topological polar surface area (TPSA) is 21.8 Å². The van der Waals surface area contributed by atoms with Gasteiger partial charge in [0, 0.05) is 6.61 Å². The molecule has 1 fully saturated rings. The smallest absolute Gasteiger partial charge is 0.104 e. The van der Waals surface area contributed by atoms with Gasteiger partial charge in [0.25, 0.3) is 0 Å². The fourth-order valence-electron chi connectivity index (χ4n) is 2.21. The molecule has 0 aromatic carbocycles. The maximum absolute atomic E-state index is 5.76. The second-order valence-corrected chi connectivity index (χ2v) is 5.35. The lowest BCUT2D eigenvalue weighted by Crippen LogP contribution is -2.13. The van der Waals surface area contributed by atoms with E-state index in [1.807, 2.05) is 0 Å². The van der Waals surface area contributed by atoms with Gasteiger partial charge in [-0.25, -0.2) is 0 Å². The lowest BCUT2D eigenvalue weighted by atomic mass is 9.96. The maximum Gasteiger partial charge on any atom is 0.104 e. The predicted molar refractivity (Wildman–Crippen MR) is 72.3 cm³/mol. The van der Waals surface area contributed by atoms with Crippen LogP contribution < -0.4 is 0 Å². The van der Waals surface area contributed by atoms with Gasteiger partial charge in [0.2, 0.25) is 0 Å². The molecule has 1 atom stereocenters. The van der Waals surface area contributed by atoms with Gasteiger partial charge in [-0.05, 0) is 18.8 Å². The first kappa shape index (κ1) is 15.0. The molecule has 1 aliphatic rings. The van der Waals surface area contributed by atoms with Crippen molar-refractivity contribution < 1.29 is 9.47 Å². The van der Waals surface area contributed by atoms with E-state index in [2.05, 4.69) is 13.8 Å². The number of epoxide rings is 1. The standard InChI is InChI=1S/C15H30O2/c1-3-5-7-9-14(10-8-6-4-2)11-16-12-15-13-17-15/h14-15H,3-13H2,1-2H3. The Bertz CT molecular complexity index is 156. The molecule has 1 saturated heterocycles. The van der Waals surface area contributed by atoms with E-state index in [0.717, 1.165) is 25.7 Å².